The molecule has 0 heteroatoms. The molecule has 2 radical (unpaired) electrons. The molecule has 0 rings (SSSR count). The molecule has 0 aromatic heterocycles. The van der Waals surface area contributed by atoms with Gasteiger partial charge in [-0.1, -0.05) is 148 Å². The summed E-state index contributed by atoms with van der Waals surface area (Å²) in [6.45, 7) is 10.2. The molecule has 1 unspecified atom stereocenters. The molecule has 0 aromatic rings. The van der Waals surface area contributed by atoms with Gasteiger partial charge in [0.1, 0.15) is 0 Å². The largest absolute Gasteiger partial charge is 0.0885 e. The van der Waals surface area contributed by atoms with Crippen molar-refractivity contribution in [1.29, 1.82) is 0 Å². The number of hydrogen-bond donors (Lipinski definition) is 0. The van der Waals surface area contributed by atoms with E-state index in [0.717, 1.165) is 18.8 Å². The summed E-state index contributed by atoms with van der Waals surface area (Å²) in [5, 5.41) is 0. The average molecular weight is 391 g/mol. The summed E-state index contributed by atoms with van der Waals surface area (Å²) < 4.78 is 0. The molecular formula is C28H54. The zero-order chi connectivity index (χ0) is 20.5. The number of allylic oxidation sites excluding steroid dienone is 2. The first-order valence-corrected chi connectivity index (χ1v) is 13.0. The Labute approximate surface area is 180 Å². The molecule has 28 heavy (non-hydrogen) atoms. The molecule has 0 nitrogen and oxygen atoms in total. The van der Waals surface area contributed by atoms with E-state index in [1.54, 1.807) is 0 Å². The first kappa shape index (κ1) is 27.7. The van der Waals surface area contributed by atoms with Gasteiger partial charge in [0.2, 0.25) is 0 Å². The Morgan fingerprint density at radius 1 is 0.500 bits per heavy atom. The van der Waals surface area contributed by atoms with Crippen molar-refractivity contribution in [3.63, 3.8) is 0 Å². The van der Waals surface area contributed by atoms with Crippen molar-refractivity contribution >= 4 is 0 Å². The molecule has 0 spiro atoms. The monoisotopic (exact) mass is 390 g/mol. The van der Waals surface area contributed by atoms with Gasteiger partial charge in [0.25, 0.3) is 0 Å². The Bertz CT molecular complexity index is 290. The highest BCUT2D eigenvalue weighted by Crippen LogP contribution is 2.15. The second-order valence-corrected chi connectivity index (χ2v) is 9.10. The molecule has 0 aliphatic carbocycles. The van der Waals surface area contributed by atoms with Gasteiger partial charge in [-0.05, 0) is 31.6 Å². The maximum absolute atomic E-state index is 3.99. The van der Waals surface area contributed by atoms with E-state index < -0.39 is 0 Å². The lowest BCUT2D eigenvalue weighted by atomic mass is 9.99. The van der Waals surface area contributed by atoms with Crippen LogP contribution in [0.5, 0.6) is 0 Å². The Kier molecular flexibility index (Phi) is 24.5. The summed E-state index contributed by atoms with van der Waals surface area (Å²) in [6, 6.07) is 0. The molecule has 166 valence electrons. The van der Waals surface area contributed by atoms with Crippen molar-refractivity contribution in [2.45, 2.75) is 148 Å². The lowest BCUT2D eigenvalue weighted by Gasteiger charge is -2.07. The molecule has 0 aliphatic heterocycles. The molecule has 0 bridgehead atoms. The standard InChI is InChI=1S/C28H54/c1-4-6-7-8-9-10-11-12-13-14-15-16-17-18-19-20-21-22-23-24-25-26-27-28(3)5-2/h15-16,28H,1-2,4-14,17-27H2,3H3/b16-15+. The quantitative estimate of drug-likeness (QED) is 0.120. The molecule has 1 atom stereocenters. The van der Waals surface area contributed by atoms with E-state index in [1.807, 2.05) is 0 Å². The van der Waals surface area contributed by atoms with Crippen molar-refractivity contribution in [3.8, 4) is 0 Å². The van der Waals surface area contributed by atoms with Crippen LogP contribution in [0.1, 0.15) is 148 Å². The van der Waals surface area contributed by atoms with Gasteiger partial charge >= 0.3 is 0 Å². The normalized spacial score (nSPS) is 12.8. The van der Waals surface area contributed by atoms with Crippen LogP contribution in [-0.4, -0.2) is 0 Å². The van der Waals surface area contributed by atoms with Gasteiger partial charge in [-0.15, -0.1) is 0 Å². The van der Waals surface area contributed by atoms with Gasteiger partial charge in [0.05, 0.1) is 0 Å². The first-order valence-electron chi connectivity index (χ1n) is 13.0. The van der Waals surface area contributed by atoms with E-state index in [0.29, 0.717) is 0 Å². The van der Waals surface area contributed by atoms with Crippen LogP contribution in [0, 0.1) is 19.8 Å². The van der Waals surface area contributed by atoms with Crippen LogP contribution in [0.2, 0.25) is 0 Å². The molecule has 0 saturated carbocycles. The summed E-state index contributed by atoms with van der Waals surface area (Å²) in [6.07, 6.45) is 35.3. The summed E-state index contributed by atoms with van der Waals surface area (Å²) in [5.41, 5.74) is 0. The minimum atomic E-state index is 0.831. The van der Waals surface area contributed by atoms with E-state index in [9.17, 15) is 0 Å². The molecule has 0 N–H and O–H groups in total. The number of hydrogen-bond acceptors (Lipinski definition) is 0. The predicted molar refractivity (Wildman–Crippen MR) is 131 cm³/mol. The van der Waals surface area contributed by atoms with Crippen LogP contribution in [0.4, 0.5) is 0 Å². The molecule has 0 aliphatic rings. The highest BCUT2D eigenvalue weighted by molar-refractivity contribution is 4.81. The van der Waals surface area contributed by atoms with E-state index in [1.165, 1.54) is 128 Å². The van der Waals surface area contributed by atoms with Crippen LogP contribution in [0.15, 0.2) is 12.2 Å². The lowest BCUT2D eigenvalue weighted by Crippen LogP contribution is -1.91. The van der Waals surface area contributed by atoms with Crippen molar-refractivity contribution in [2.24, 2.45) is 5.92 Å². The van der Waals surface area contributed by atoms with Gasteiger partial charge < -0.3 is 0 Å². The highest BCUT2D eigenvalue weighted by atomic mass is 14.0. The third-order valence-electron chi connectivity index (χ3n) is 6.10. The summed E-state index contributed by atoms with van der Waals surface area (Å²) in [4.78, 5) is 0. The van der Waals surface area contributed by atoms with Crippen LogP contribution < -0.4 is 0 Å². The molecule has 0 amide bonds. The van der Waals surface area contributed by atoms with Crippen LogP contribution >= 0.6 is 0 Å². The van der Waals surface area contributed by atoms with Gasteiger partial charge in [0, 0.05) is 0 Å². The minimum absolute atomic E-state index is 0.831. The van der Waals surface area contributed by atoms with Crippen molar-refractivity contribution in [3.05, 3.63) is 26.0 Å². The average Bonchev–Trinajstić information content (AvgIpc) is 2.71. The fourth-order valence-electron chi connectivity index (χ4n) is 3.87. The van der Waals surface area contributed by atoms with E-state index in [2.05, 4.69) is 32.9 Å². The van der Waals surface area contributed by atoms with Gasteiger partial charge in [-0.3, -0.25) is 0 Å². The summed E-state index contributed by atoms with van der Waals surface area (Å²) in [5.74, 6) is 0.831. The summed E-state index contributed by atoms with van der Waals surface area (Å²) >= 11 is 0. The number of unbranched alkanes of at least 4 members (excludes halogenated alkanes) is 18. The van der Waals surface area contributed by atoms with Crippen molar-refractivity contribution < 1.29 is 0 Å². The van der Waals surface area contributed by atoms with Crippen LogP contribution in [0.25, 0.3) is 0 Å². The van der Waals surface area contributed by atoms with Gasteiger partial charge in [-0.2, -0.15) is 0 Å². The van der Waals surface area contributed by atoms with Crippen molar-refractivity contribution in [2.75, 3.05) is 0 Å². The fraction of sp³-hybridized carbons (Fsp3) is 0.857. The molecule has 0 fully saturated rings. The van der Waals surface area contributed by atoms with E-state index in [-0.39, 0.29) is 0 Å². The number of rotatable bonds is 23. The van der Waals surface area contributed by atoms with E-state index in [4.69, 9.17) is 0 Å². The fourth-order valence-corrected chi connectivity index (χ4v) is 3.87. The third-order valence-corrected chi connectivity index (χ3v) is 6.10. The minimum Gasteiger partial charge on any atom is -0.0885 e. The molecule has 0 heterocycles. The van der Waals surface area contributed by atoms with Crippen LogP contribution in [0.3, 0.4) is 0 Å². The van der Waals surface area contributed by atoms with Crippen molar-refractivity contribution in [1.82, 2.24) is 0 Å². The Morgan fingerprint density at radius 2 is 0.857 bits per heavy atom. The zero-order valence-electron chi connectivity index (χ0n) is 19.7. The Hall–Kier alpha value is -0.260. The van der Waals surface area contributed by atoms with Crippen LogP contribution in [-0.2, 0) is 0 Å². The summed E-state index contributed by atoms with van der Waals surface area (Å²) in [7, 11) is 0. The zero-order valence-corrected chi connectivity index (χ0v) is 19.7. The lowest BCUT2D eigenvalue weighted by molar-refractivity contribution is 0.482. The Balaban J connectivity index is 3.08. The maximum atomic E-state index is 3.99. The second kappa shape index (κ2) is 24.8. The molecule has 0 aromatic carbocycles. The predicted octanol–water partition coefficient (Wildman–Crippen LogP) is 10.4. The first-order chi connectivity index (χ1) is 13.8. The topological polar surface area (TPSA) is 0 Å². The molecule has 0 saturated heterocycles. The second-order valence-electron chi connectivity index (χ2n) is 9.10. The molecular weight excluding hydrogens is 336 g/mol. The SMILES string of the molecule is [CH2]CCCCCCCCCC/C=C/CCCCCCCCCCCC(C)C[CH2]. The Morgan fingerprint density at radius 3 is 1.25 bits per heavy atom. The third kappa shape index (κ3) is 23.8. The van der Waals surface area contributed by atoms with Gasteiger partial charge in [0.15, 0.2) is 0 Å². The highest BCUT2D eigenvalue weighted by Gasteiger charge is 1.98. The van der Waals surface area contributed by atoms with E-state index >= 15 is 0 Å². The maximum Gasteiger partial charge on any atom is -0.0351 e. The smallest absolute Gasteiger partial charge is 0.0351 e. The van der Waals surface area contributed by atoms with Gasteiger partial charge in [-0.25, -0.2) is 0 Å².